The Morgan fingerprint density at radius 1 is 1.14 bits per heavy atom. The molecule has 3 aromatic rings. The number of H-pyrrole nitrogens is 1. The number of hydrogen-bond donors (Lipinski definition) is 2. The Morgan fingerprint density at radius 3 is 2.50 bits per heavy atom. The molecule has 6 nitrogen and oxygen atoms in total. The van der Waals surface area contributed by atoms with E-state index < -0.39 is 16.0 Å². The summed E-state index contributed by atoms with van der Waals surface area (Å²) in [6.07, 6.45) is 0.565. The van der Waals surface area contributed by atoms with Crippen molar-refractivity contribution in [2.24, 2.45) is 0 Å². The zero-order valence-corrected chi connectivity index (χ0v) is 16.6. The van der Waals surface area contributed by atoms with Crippen LogP contribution in [0.25, 0.3) is 10.9 Å². The molecule has 7 heteroatoms. The summed E-state index contributed by atoms with van der Waals surface area (Å²) in [7, 11) is -3.62. The Hall–Kier alpha value is -2.64. The van der Waals surface area contributed by atoms with Crippen LogP contribution in [0.1, 0.15) is 46.9 Å². The lowest BCUT2D eigenvalue weighted by atomic mass is 10.0. The van der Waals surface area contributed by atoms with Crippen LogP contribution >= 0.6 is 0 Å². The molecule has 0 saturated heterocycles. The fraction of sp³-hybridized carbons (Fsp3) is 0.286. The number of carboxylic acid groups (broad SMARTS) is 1. The summed E-state index contributed by atoms with van der Waals surface area (Å²) >= 11 is 0. The number of benzene rings is 2. The smallest absolute Gasteiger partial charge is 0.335 e. The van der Waals surface area contributed by atoms with Gasteiger partial charge in [-0.3, -0.25) is 0 Å². The summed E-state index contributed by atoms with van der Waals surface area (Å²) in [5.41, 5.74) is 3.94. The number of aromatic carboxylic acids is 1. The minimum Gasteiger partial charge on any atom is -0.478 e. The number of aromatic amines is 1. The van der Waals surface area contributed by atoms with E-state index in [2.05, 4.69) is 18.8 Å². The van der Waals surface area contributed by atoms with Crippen molar-refractivity contribution in [1.82, 2.24) is 9.29 Å². The summed E-state index contributed by atoms with van der Waals surface area (Å²) in [6, 6.07) is 11.9. The van der Waals surface area contributed by atoms with Gasteiger partial charge in [0.2, 0.25) is 10.0 Å². The van der Waals surface area contributed by atoms with Crippen LogP contribution in [0.5, 0.6) is 0 Å². The van der Waals surface area contributed by atoms with Crippen molar-refractivity contribution in [2.45, 2.75) is 37.6 Å². The molecule has 28 heavy (non-hydrogen) atoms. The molecular weight excluding hydrogens is 376 g/mol. The van der Waals surface area contributed by atoms with Gasteiger partial charge in [0.05, 0.1) is 10.5 Å². The van der Waals surface area contributed by atoms with Crippen LogP contribution in [0, 0.1) is 0 Å². The van der Waals surface area contributed by atoms with Gasteiger partial charge in [0, 0.05) is 36.1 Å². The predicted octanol–water partition coefficient (Wildman–Crippen LogP) is 3.74. The van der Waals surface area contributed by atoms with E-state index >= 15 is 0 Å². The lowest BCUT2D eigenvalue weighted by Crippen LogP contribution is -2.35. The molecule has 0 unspecified atom stereocenters. The van der Waals surface area contributed by atoms with Gasteiger partial charge in [0.25, 0.3) is 0 Å². The maximum atomic E-state index is 13.1. The molecule has 0 atom stereocenters. The lowest BCUT2D eigenvalue weighted by Gasteiger charge is -2.26. The third kappa shape index (κ3) is 3.10. The monoisotopic (exact) mass is 398 g/mol. The van der Waals surface area contributed by atoms with Crippen molar-refractivity contribution >= 4 is 26.9 Å². The Morgan fingerprint density at radius 2 is 1.86 bits per heavy atom. The highest BCUT2D eigenvalue weighted by molar-refractivity contribution is 7.89. The molecule has 0 aliphatic carbocycles. The number of carboxylic acids is 1. The number of nitrogens with zero attached hydrogens (tertiary/aromatic N) is 1. The molecular formula is C21H22N2O4S. The Labute approximate surface area is 163 Å². The van der Waals surface area contributed by atoms with Gasteiger partial charge < -0.3 is 10.1 Å². The van der Waals surface area contributed by atoms with Gasteiger partial charge in [0.1, 0.15) is 0 Å². The SMILES string of the molecule is CC(C)c1ccc(S(=O)(=O)N2CCc3[nH]c4ccc(C(=O)O)cc4c3C2)cc1. The first-order chi connectivity index (χ1) is 13.3. The number of sulfonamides is 1. The highest BCUT2D eigenvalue weighted by Gasteiger charge is 2.30. The first-order valence-electron chi connectivity index (χ1n) is 9.24. The third-order valence-corrected chi connectivity index (χ3v) is 7.23. The minimum absolute atomic E-state index is 0.193. The number of rotatable bonds is 4. The van der Waals surface area contributed by atoms with E-state index in [1.165, 1.54) is 4.31 Å². The van der Waals surface area contributed by atoms with Gasteiger partial charge in [-0.1, -0.05) is 26.0 Å². The van der Waals surface area contributed by atoms with Gasteiger partial charge in [-0.15, -0.1) is 0 Å². The van der Waals surface area contributed by atoms with Gasteiger partial charge in [-0.2, -0.15) is 4.31 Å². The largest absolute Gasteiger partial charge is 0.478 e. The molecule has 1 aliphatic rings. The van der Waals surface area contributed by atoms with Crippen LogP contribution in [-0.4, -0.2) is 35.3 Å². The molecule has 0 fully saturated rings. The van der Waals surface area contributed by atoms with E-state index in [9.17, 15) is 18.3 Å². The van der Waals surface area contributed by atoms with Crippen LogP contribution in [0.15, 0.2) is 47.4 Å². The van der Waals surface area contributed by atoms with Gasteiger partial charge in [-0.25, -0.2) is 13.2 Å². The highest BCUT2D eigenvalue weighted by atomic mass is 32.2. The van der Waals surface area contributed by atoms with E-state index in [1.807, 2.05) is 12.1 Å². The van der Waals surface area contributed by atoms with Crippen molar-refractivity contribution in [3.63, 3.8) is 0 Å². The molecule has 1 aromatic heterocycles. The van der Waals surface area contributed by atoms with Gasteiger partial charge in [0.15, 0.2) is 0 Å². The molecule has 0 spiro atoms. The lowest BCUT2D eigenvalue weighted by molar-refractivity contribution is 0.0697. The van der Waals surface area contributed by atoms with Crippen molar-refractivity contribution in [1.29, 1.82) is 0 Å². The summed E-state index contributed by atoms with van der Waals surface area (Å²) in [6.45, 7) is 4.75. The Balaban J connectivity index is 1.70. The molecule has 0 bridgehead atoms. The maximum absolute atomic E-state index is 13.1. The second-order valence-corrected chi connectivity index (χ2v) is 9.40. The van der Waals surface area contributed by atoms with E-state index in [0.717, 1.165) is 27.7 Å². The van der Waals surface area contributed by atoms with Crippen molar-refractivity contribution in [2.75, 3.05) is 6.54 Å². The number of nitrogens with one attached hydrogen (secondary N) is 1. The molecule has 2 N–H and O–H groups in total. The zero-order chi connectivity index (χ0) is 20.1. The average molecular weight is 398 g/mol. The molecule has 0 radical (unpaired) electrons. The van der Waals surface area contributed by atoms with Crippen LogP contribution in [0.4, 0.5) is 0 Å². The standard InChI is InChI=1S/C21H22N2O4S/c1-13(2)14-3-6-16(7-4-14)28(26,27)23-10-9-20-18(12-23)17-11-15(21(24)25)5-8-19(17)22-20/h3-8,11,13,22H,9-10,12H2,1-2H3,(H,24,25). The number of aromatic nitrogens is 1. The molecule has 146 valence electrons. The van der Waals surface area contributed by atoms with Crippen molar-refractivity contribution in [3.8, 4) is 0 Å². The average Bonchev–Trinajstić information content (AvgIpc) is 3.05. The number of carbonyl (C=O) groups is 1. The highest BCUT2D eigenvalue weighted by Crippen LogP contribution is 2.31. The van der Waals surface area contributed by atoms with E-state index in [-0.39, 0.29) is 17.0 Å². The van der Waals surface area contributed by atoms with E-state index in [4.69, 9.17) is 0 Å². The quantitative estimate of drug-likeness (QED) is 0.700. The molecule has 0 amide bonds. The van der Waals surface area contributed by atoms with E-state index in [0.29, 0.717) is 18.9 Å². The molecule has 0 saturated carbocycles. The summed E-state index contributed by atoms with van der Waals surface area (Å²) < 4.78 is 27.7. The van der Waals surface area contributed by atoms with E-state index in [1.54, 1.807) is 30.3 Å². The summed E-state index contributed by atoms with van der Waals surface area (Å²) in [5, 5.41) is 10.0. The van der Waals surface area contributed by atoms with Crippen LogP contribution in [-0.2, 0) is 23.0 Å². The second kappa shape index (κ2) is 6.76. The Bertz CT molecular complexity index is 1160. The van der Waals surface area contributed by atoms with Gasteiger partial charge >= 0.3 is 5.97 Å². The third-order valence-electron chi connectivity index (χ3n) is 5.37. The maximum Gasteiger partial charge on any atom is 0.335 e. The second-order valence-electron chi connectivity index (χ2n) is 7.46. The zero-order valence-electron chi connectivity index (χ0n) is 15.8. The van der Waals surface area contributed by atoms with Crippen LogP contribution < -0.4 is 0 Å². The van der Waals surface area contributed by atoms with Gasteiger partial charge in [-0.05, 0) is 47.4 Å². The normalized spacial score (nSPS) is 15.1. The summed E-state index contributed by atoms with van der Waals surface area (Å²) in [5.74, 6) is -0.661. The van der Waals surface area contributed by atoms with Crippen LogP contribution in [0.3, 0.4) is 0 Å². The fourth-order valence-electron chi connectivity index (χ4n) is 3.70. The van der Waals surface area contributed by atoms with Crippen LogP contribution in [0.2, 0.25) is 0 Å². The molecule has 4 rings (SSSR count). The minimum atomic E-state index is -3.62. The summed E-state index contributed by atoms with van der Waals surface area (Å²) in [4.78, 5) is 14.9. The fourth-order valence-corrected chi connectivity index (χ4v) is 5.11. The Kier molecular flexibility index (Phi) is 4.51. The predicted molar refractivity (Wildman–Crippen MR) is 107 cm³/mol. The number of fused-ring (bicyclic) bond motifs is 3. The first kappa shape index (κ1) is 18.7. The van der Waals surface area contributed by atoms with Crippen molar-refractivity contribution in [3.05, 3.63) is 64.8 Å². The molecule has 1 aliphatic heterocycles. The topological polar surface area (TPSA) is 90.5 Å². The first-order valence-corrected chi connectivity index (χ1v) is 10.7. The number of hydrogen-bond acceptors (Lipinski definition) is 3. The van der Waals surface area contributed by atoms with Crippen molar-refractivity contribution < 1.29 is 18.3 Å². The molecule has 2 heterocycles. The molecule has 2 aromatic carbocycles.